The molecular formula is C37H22N4O. The van der Waals surface area contributed by atoms with Gasteiger partial charge in [0, 0.05) is 38.4 Å². The highest BCUT2D eigenvalue weighted by molar-refractivity contribution is 6.26. The summed E-state index contributed by atoms with van der Waals surface area (Å²) in [5.41, 5.74) is 7.98. The number of benzene rings is 6. The van der Waals surface area contributed by atoms with Crippen LogP contribution >= 0.6 is 0 Å². The molecule has 0 saturated heterocycles. The predicted molar refractivity (Wildman–Crippen MR) is 169 cm³/mol. The summed E-state index contributed by atoms with van der Waals surface area (Å²) < 4.78 is 6.38. The lowest BCUT2D eigenvalue weighted by Gasteiger charge is -2.32. The highest BCUT2D eigenvalue weighted by atomic mass is 16.3. The molecule has 0 radical (unpaired) electrons. The van der Waals surface area contributed by atoms with E-state index in [1.54, 1.807) is 0 Å². The fraction of sp³-hybridized carbons (Fsp3) is 0. The van der Waals surface area contributed by atoms with Crippen molar-refractivity contribution < 1.29 is 4.42 Å². The summed E-state index contributed by atoms with van der Waals surface area (Å²) in [6.07, 6.45) is 0. The Balaban J connectivity index is 1.39. The molecule has 0 N–H and O–H groups in total. The van der Waals surface area contributed by atoms with E-state index in [0.29, 0.717) is 17.6 Å². The van der Waals surface area contributed by atoms with Gasteiger partial charge in [-0.2, -0.15) is 9.97 Å². The van der Waals surface area contributed by atoms with Crippen molar-refractivity contribution in [1.82, 2.24) is 15.0 Å². The monoisotopic (exact) mass is 538 g/mol. The third-order valence-electron chi connectivity index (χ3n) is 8.03. The molecule has 3 heterocycles. The number of para-hydroxylation sites is 2. The topological polar surface area (TPSA) is 55.1 Å². The van der Waals surface area contributed by atoms with E-state index in [-0.39, 0.29) is 0 Å². The van der Waals surface area contributed by atoms with E-state index >= 15 is 0 Å². The second kappa shape index (κ2) is 8.85. The summed E-state index contributed by atoms with van der Waals surface area (Å²) in [7, 11) is 0. The van der Waals surface area contributed by atoms with Gasteiger partial charge in [-0.3, -0.25) is 4.90 Å². The minimum atomic E-state index is 0.574. The second-order valence-electron chi connectivity index (χ2n) is 10.5. The fourth-order valence-corrected chi connectivity index (χ4v) is 6.22. The van der Waals surface area contributed by atoms with Gasteiger partial charge in [0.2, 0.25) is 5.95 Å². The van der Waals surface area contributed by atoms with E-state index in [9.17, 15) is 0 Å². The molecule has 0 amide bonds. The maximum atomic E-state index is 6.38. The van der Waals surface area contributed by atoms with Gasteiger partial charge in [-0.1, -0.05) is 109 Å². The van der Waals surface area contributed by atoms with Gasteiger partial charge in [0.1, 0.15) is 11.2 Å². The van der Waals surface area contributed by atoms with Gasteiger partial charge in [0.15, 0.2) is 11.6 Å². The first-order chi connectivity index (χ1) is 20.8. The zero-order valence-corrected chi connectivity index (χ0v) is 22.4. The molecule has 0 unspecified atom stereocenters. The highest BCUT2D eigenvalue weighted by Gasteiger charge is 2.31. The van der Waals surface area contributed by atoms with Crippen molar-refractivity contribution in [3.8, 4) is 33.9 Å². The maximum Gasteiger partial charge on any atom is 0.238 e. The normalized spacial score (nSPS) is 12.2. The first-order valence-corrected chi connectivity index (χ1v) is 14.0. The lowest BCUT2D eigenvalue weighted by Crippen LogP contribution is -2.18. The summed E-state index contributed by atoms with van der Waals surface area (Å²) in [4.78, 5) is 17.3. The van der Waals surface area contributed by atoms with Crippen LogP contribution in [0.5, 0.6) is 0 Å². The van der Waals surface area contributed by atoms with E-state index in [1.807, 2.05) is 72.8 Å². The molecule has 5 heteroatoms. The van der Waals surface area contributed by atoms with Gasteiger partial charge in [0.05, 0.1) is 11.4 Å². The molecule has 2 aromatic heterocycles. The van der Waals surface area contributed by atoms with Crippen LogP contribution in [-0.4, -0.2) is 15.0 Å². The summed E-state index contributed by atoms with van der Waals surface area (Å²) in [5.74, 6) is 1.84. The summed E-state index contributed by atoms with van der Waals surface area (Å²) in [6, 6.07) is 45.5. The van der Waals surface area contributed by atoms with Crippen LogP contribution in [-0.2, 0) is 0 Å². The van der Waals surface area contributed by atoms with Crippen molar-refractivity contribution in [2.75, 3.05) is 4.90 Å². The SMILES string of the molecule is c1ccc(-c2nc(-c3ccccc3)nc(N3c4ccccc4-c4c5c3cccc5cc3oc5ccccc5c43)n2)cc1. The van der Waals surface area contributed by atoms with E-state index < -0.39 is 0 Å². The van der Waals surface area contributed by atoms with E-state index in [1.165, 1.54) is 5.56 Å². The summed E-state index contributed by atoms with van der Waals surface area (Å²) in [5, 5.41) is 4.50. The summed E-state index contributed by atoms with van der Waals surface area (Å²) in [6.45, 7) is 0. The predicted octanol–water partition coefficient (Wildman–Crippen LogP) is 9.71. The second-order valence-corrected chi connectivity index (χ2v) is 10.5. The third kappa shape index (κ3) is 3.34. The molecular weight excluding hydrogens is 516 g/mol. The quantitative estimate of drug-likeness (QED) is 0.224. The lowest BCUT2D eigenvalue weighted by atomic mass is 9.88. The van der Waals surface area contributed by atoms with Crippen LogP contribution in [0.25, 0.3) is 66.6 Å². The largest absolute Gasteiger partial charge is 0.456 e. The van der Waals surface area contributed by atoms with Crippen LogP contribution in [0, 0.1) is 0 Å². The average molecular weight is 539 g/mol. The molecule has 0 saturated carbocycles. The van der Waals surface area contributed by atoms with Gasteiger partial charge in [0.25, 0.3) is 0 Å². The Labute approximate surface area is 241 Å². The Morgan fingerprint density at radius 3 is 1.90 bits per heavy atom. The molecule has 0 fully saturated rings. The zero-order chi connectivity index (χ0) is 27.6. The van der Waals surface area contributed by atoms with E-state index in [4.69, 9.17) is 19.4 Å². The van der Waals surface area contributed by atoms with Crippen LogP contribution in [0.4, 0.5) is 17.3 Å². The number of hydrogen-bond acceptors (Lipinski definition) is 5. The number of fused-ring (bicyclic) bond motifs is 6. The van der Waals surface area contributed by atoms with E-state index in [2.05, 4.69) is 65.6 Å². The Hall–Kier alpha value is -5.81. The van der Waals surface area contributed by atoms with Crippen LogP contribution in [0.2, 0.25) is 0 Å². The molecule has 1 aliphatic rings. The van der Waals surface area contributed by atoms with Crippen molar-refractivity contribution in [1.29, 1.82) is 0 Å². The van der Waals surface area contributed by atoms with Crippen molar-refractivity contribution in [2.45, 2.75) is 0 Å². The van der Waals surface area contributed by atoms with Gasteiger partial charge >= 0.3 is 0 Å². The fourth-order valence-electron chi connectivity index (χ4n) is 6.22. The van der Waals surface area contributed by atoms with Crippen LogP contribution in [0.1, 0.15) is 0 Å². The standard InChI is InChI=1S/C37H22N4O/c1-3-12-23(13-4-1)35-38-36(24-14-5-2-6-15-24)40-37(39-35)41-28-19-9-7-17-26(28)34-32-25(16-11-20-29(32)41)22-31-33(34)27-18-8-10-21-30(27)42-31/h1-22H. The molecule has 196 valence electrons. The number of hydrogen-bond donors (Lipinski definition) is 0. The smallest absolute Gasteiger partial charge is 0.238 e. The first kappa shape index (κ1) is 22.9. The third-order valence-corrected chi connectivity index (χ3v) is 8.03. The van der Waals surface area contributed by atoms with Crippen molar-refractivity contribution >= 4 is 50.0 Å². The Morgan fingerprint density at radius 1 is 0.500 bits per heavy atom. The molecule has 6 aromatic carbocycles. The van der Waals surface area contributed by atoms with Crippen LogP contribution in [0.3, 0.4) is 0 Å². The molecule has 0 spiro atoms. The highest BCUT2D eigenvalue weighted by Crippen LogP contribution is 2.54. The van der Waals surface area contributed by atoms with Gasteiger partial charge in [-0.25, -0.2) is 4.98 Å². The van der Waals surface area contributed by atoms with Crippen molar-refractivity contribution in [2.24, 2.45) is 0 Å². The molecule has 5 nitrogen and oxygen atoms in total. The van der Waals surface area contributed by atoms with Gasteiger partial charge < -0.3 is 4.42 Å². The molecule has 0 bridgehead atoms. The Morgan fingerprint density at radius 2 is 1.14 bits per heavy atom. The van der Waals surface area contributed by atoms with Gasteiger partial charge in [-0.05, 0) is 29.7 Å². The summed E-state index contributed by atoms with van der Waals surface area (Å²) >= 11 is 0. The number of nitrogens with zero attached hydrogens (tertiary/aromatic N) is 4. The lowest BCUT2D eigenvalue weighted by molar-refractivity contribution is 0.669. The molecule has 8 aromatic rings. The molecule has 0 atom stereocenters. The van der Waals surface area contributed by atoms with Crippen LogP contribution < -0.4 is 4.90 Å². The van der Waals surface area contributed by atoms with Crippen LogP contribution in [0.15, 0.2) is 138 Å². The minimum absolute atomic E-state index is 0.574. The number of rotatable bonds is 3. The molecule has 42 heavy (non-hydrogen) atoms. The molecule has 9 rings (SSSR count). The van der Waals surface area contributed by atoms with Gasteiger partial charge in [-0.15, -0.1) is 0 Å². The van der Waals surface area contributed by atoms with E-state index in [0.717, 1.165) is 60.8 Å². The molecule has 1 aliphatic heterocycles. The number of anilines is 3. The Kier molecular flexibility index (Phi) is 4.83. The average Bonchev–Trinajstić information content (AvgIpc) is 3.43. The van der Waals surface area contributed by atoms with Crippen molar-refractivity contribution in [3.63, 3.8) is 0 Å². The number of aromatic nitrogens is 3. The zero-order valence-electron chi connectivity index (χ0n) is 22.4. The van der Waals surface area contributed by atoms with Crippen molar-refractivity contribution in [3.05, 3.63) is 133 Å². The first-order valence-electron chi connectivity index (χ1n) is 14.0. The number of furan rings is 1. The molecule has 0 aliphatic carbocycles. The minimum Gasteiger partial charge on any atom is -0.456 e. The maximum absolute atomic E-state index is 6.38. The Bertz CT molecular complexity index is 2250.